The number of aryl methyl sites for hydroxylation is 2. The van der Waals surface area contributed by atoms with Crippen molar-refractivity contribution < 1.29 is 4.92 Å². The van der Waals surface area contributed by atoms with Crippen LogP contribution in [0.4, 0.5) is 11.5 Å². The van der Waals surface area contributed by atoms with Crippen molar-refractivity contribution in [3.63, 3.8) is 0 Å². The largest absolute Gasteiger partial charge is 0.355 e. The lowest BCUT2D eigenvalue weighted by molar-refractivity contribution is -0.384. The van der Waals surface area contributed by atoms with Crippen LogP contribution in [0.15, 0.2) is 18.3 Å². The van der Waals surface area contributed by atoms with Crippen LogP contribution in [-0.4, -0.2) is 14.9 Å². The Balaban J connectivity index is 2.24. The van der Waals surface area contributed by atoms with E-state index < -0.39 is 4.92 Å². The molecule has 0 aliphatic rings. The minimum Gasteiger partial charge on any atom is -0.355 e. The molecule has 106 valence electrons. The van der Waals surface area contributed by atoms with Gasteiger partial charge in [0.2, 0.25) is 5.82 Å². The number of pyridine rings is 1. The quantitative estimate of drug-likeness (QED) is 0.674. The van der Waals surface area contributed by atoms with Crippen molar-refractivity contribution in [3.05, 3.63) is 44.0 Å². The van der Waals surface area contributed by atoms with Crippen LogP contribution < -0.4 is 5.32 Å². The Kier molecular flexibility index (Phi) is 4.29. The minimum absolute atomic E-state index is 0.0188. The van der Waals surface area contributed by atoms with E-state index in [1.165, 1.54) is 10.9 Å². The number of nitrogens with one attached hydrogen (secondary N) is 1. The Morgan fingerprint density at radius 2 is 2.25 bits per heavy atom. The highest BCUT2D eigenvalue weighted by atomic mass is 32.1. The Bertz CT molecular complexity index is 627. The molecule has 2 heterocycles. The van der Waals surface area contributed by atoms with Crippen LogP contribution >= 0.6 is 11.3 Å². The first-order valence-corrected chi connectivity index (χ1v) is 7.16. The van der Waals surface area contributed by atoms with Crippen molar-refractivity contribution in [1.29, 1.82) is 0 Å². The van der Waals surface area contributed by atoms with Crippen molar-refractivity contribution in [2.24, 2.45) is 0 Å². The third-order valence-corrected chi connectivity index (χ3v) is 4.18. The molecule has 2 aromatic rings. The highest BCUT2D eigenvalue weighted by Crippen LogP contribution is 2.28. The first-order chi connectivity index (χ1) is 9.51. The molecule has 2 aromatic heterocycles. The maximum atomic E-state index is 11.0. The molecule has 0 saturated carbocycles. The topological polar surface area (TPSA) is 81.0 Å². The maximum Gasteiger partial charge on any atom is 0.311 e. The normalized spacial score (nSPS) is 12.2. The average Bonchev–Trinajstić information content (AvgIpc) is 2.87. The summed E-state index contributed by atoms with van der Waals surface area (Å²) >= 11 is 1.61. The zero-order valence-electron chi connectivity index (χ0n) is 11.6. The van der Waals surface area contributed by atoms with Gasteiger partial charge in [0.1, 0.15) is 5.01 Å². The fourth-order valence-electron chi connectivity index (χ4n) is 1.76. The van der Waals surface area contributed by atoms with Gasteiger partial charge in [-0.05, 0) is 26.3 Å². The van der Waals surface area contributed by atoms with Crippen LogP contribution in [0.5, 0.6) is 0 Å². The lowest BCUT2D eigenvalue weighted by atomic mass is 10.3. The third kappa shape index (κ3) is 3.11. The van der Waals surface area contributed by atoms with Gasteiger partial charge in [-0.25, -0.2) is 9.97 Å². The molecule has 0 amide bonds. The summed E-state index contributed by atoms with van der Waals surface area (Å²) in [6.45, 7) is 5.80. The summed E-state index contributed by atoms with van der Waals surface area (Å²) in [6.07, 6.45) is 2.78. The van der Waals surface area contributed by atoms with Gasteiger partial charge in [0.05, 0.1) is 11.0 Å². The lowest BCUT2D eigenvalue weighted by Crippen LogP contribution is -2.10. The summed E-state index contributed by atoms with van der Waals surface area (Å²) < 4.78 is 0. The van der Waals surface area contributed by atoms with Gasteiger partial charge >= 0.3 is 5.69 Å². The predicted molar refractivity (Wildman–Crippen MR) is 79.2 cm³/mol. The van der Waals surface area contributed by atoms with Gasteiger partial charge < -0.3 is 5.32 Å². The average molecular weight is 292 g/mol. The summed E-state index contributed by atoms with van der Waals surface area (Å²) in [6, 6.07) is 2.98. The molecular formula is C13H16N4O2S. The number of rotatable bonds is 5. The fraction of sp³-hybridized carbons (Fsp3) is 0.385. The van der Waals surface area contributed by atoms with Gasteiger partial charge in [-0.3, -0.25) is 10.1 Å². The van der Waals surface area contributed by atoms with E-state index in [-0.39, 0.29) is 17.5 Å². The maximum absolute atomic E-state index is 11.0. The predicted octanol–water partition coefficient (Wildman–Crippen LogP) is 3.49. The lowest BCUT2D eigenvalue weighted by Gasteiger charge is -2.12. The molecule has 1 atom stereocenters. The van der Waals surface area contributed by atoms with Gasteiger partial charge in [0.15, 0.2) is 0 Å². The molecule has 20 heavy (non-hydrogen) atoms. The molecule has 1 N–H and O–H groups in total. The van der Waals surface area contributed by atoms with Gasteiger partial charge in [-0.15, -0.1) is 11.3 Å². The van der Waals surface area contributed by atoms with Crippen LogP contribution in [-0.2, 0) is 6.42 Å². The van der Waals surface area contributed by atoms with E-state index in [9.17, 15) is 10.1 Å². The van der Waals surface area contributed by atoms with E-state index in [0.29, 0.717) is 0 Å². The minimum atomic E-state index is -0.430. The smallest absolute Gasteiger partial charge is 0.311 e. The van der Waals surface area contributed by atoms with E-state index >= 15 is 0 Å². The first-order valence-electron chi connectivity index (χ1n) is 6.34. The molecule has 0 aliphatic heterocycles. The summed E-state index contributed by atoms with van der Waals surface area (Å²) in [5, 5.41) is 15.0. The Morgan fingerprint density at radius 3 is 2.85 bits per heavy atom. The second-order valence-corrected chi connectivity index (χ2v) is 5.61. The number of anilines is 1. The second-order valence-electron chi connectivity index (χ2n) is 4.46. The second kappa shape index (κ2) is 5.96. The van der Waals surface area contributed by atoms with Crippen LogP contribution in [0.3, 0.4) is 0 Å². The molecule has 0 bridgehead atoms. The van der Waals surface area contributed by atoms with E-state index in [0.717, 1.165) is 17.1 Å². The van der Waals surface area contributed by atoms with Crippen LogP contribution in [0.25, 0.3) is 0 Å². The van der Waals surface area contributed by atoms with E-state index in [1.54, 1.807) is 24.3 Å². The molecule has 2 rings (SSSR count). The van der Waals surface area contributed by atoms with Crippen molar-refractivity contribution in [3.8, 4) is 0 Å². The van der Waals surface area contributed by atoms with Crippen LogP contribution in [0.2, 0.25) is 0 Å². The van der Waals surface area contributed by atoms with E-state index in [2.05, 4.69) is 22.2 Å². The Morgan fingerprint density at radius 1 is 1.50 bits per heavy atom. The number of nitro groups is 1. The number of hydrogen-bond donors (Lipinski definition) is 1. The van der Waals surface area contributed by atoms with Crippen molar-refractivity contribution in [2.45, 2.75) is 33.2 Å². The van der Waals surface area contributed by atoms with Gasteiger partial charge in [0, 0.05) is 22.8 Å². The summed E-state index contributed by atoms with van der Waals surface area (Å²) in [5.74, 6) is 0.288. The SMILES string of the molecule is CCc1cnc(C(C)Nc2nc(C)ccc2[N+](=O)[O-])s1. The molecule has 0 aliphatic carbocycles. The molecule has 6 nitrogen and oxygen atoms in total. The van der Waals surface area contributed by atoms with Crippen molar-refractivity contribution >= 4 is 22.8 Å². The molecule has 0 radical (unpaired) electrons. The standard InChI is InChI=1S/C13H16N4O2S/c1-4-10-7-14-13(20-10)9(3)16-12-11(17(18)19)6-5-8(2)15-12/h5-7,9H,4H2,1-3H3,(H,15,16). The van der Waals surface area contributed by atoms with Crippen LogP contribution in [0, 0.1) is 17.0 Å². The number of thiazole rings is 1. The summed E-state index contributed by atoms with van der Waals surface area (Å²) in [5.41, 5.74) is 0.716. The Hall–Kier alpha value is -2.02. The molecule has 0 spiro atoms. The highest BCUT2D eigenvalue weighted by molar-refractivity contribution is 7.11. The van der Waals surface area contributed by atoms with Gasteiger partial charge in [-0.2, -0.15) is 0 Å². The summed E-state index contributed by atoms with van der Waals surface area (Å²) in [7, 11) is 0. The van der Waals surface area contributed by atoms with Gasteiger partial charge in [0.25, 0.3) is 0 Å². The van der Waals surface area contributed by atoms with Crippen LogP contribution in [0.1, 0.15) is 35.5 Å². The molecule has 0 saturated heterocycles. The van der Waals surface area contributed by atoms with Crippen molar-refractivity contribution in [2.75, 3.05) is 5.32 Å². The molecule has 7 heteroatoms. The Labute approximate surface area is 121 Å². The summed E-state index contributed by atoms with van der Waals surface area (Å²) in [4.78, 5) is 20.3. The third-order valence-electron chi connectivity index (χ3n) is 2.85. The van der Waals surface area contributed by atoms with Crippen molar-refractivity contribution in [1.82, 2.24) is 9.97 Å². The fourth-order valence-corrected chi connectivity index (χ4v) is 2.62. The zero-order valence-corrected chi connectivity index (χ0v) is 12.4. The number of nitrogens with zero attached hydrogens (tertiary/aromatic N) is 3. The number of aromatic nitrogens is 2. The van der Waals surface area contributed by atoms with E-state index in [1.807, 2.05) is 13.1 Å². The zero-order chi connectivity index (χ0) is 14.7. The molecule has 1 unspecified atom stereocenters. The van der Waals surface area contributed by atoms with Gasteiger partial charge in [-0.1, -0.05) is 6.92 Å². The number of hydrogen-bond acceptors (Lipinski definition) is 6. The highest BCUT2D eigenvalue weighted by Gasteiger charge is 2.19. The molecule has 0 aromatic carbocycles. The monoisotopic (exact) mass is 292 g/mol. The van der Waals surface area contributed by atoms with E-state index in [4.69, 9.17) is 0 Å². The molecule has 0 fully saturated rings. The first kappa shape index (κ1) is 14.4. The molecular weight excluding hydrogens is 276 g/mol.